The summed E-state index contributed by atoms with van der Waals surface area (Å²) < 4.78 is 46.2. The van der Waals surface area contributed by atoms with E-state index in [0.29, 0.717) is 10.4 Å². The maximum Gasteiger partial charge on any atom is 0.434 e. The van der Waals surface area contributed by atoms with Gasteiger partial charge in [0, 0.05) is 5.54 Å². The molecule has 130 valence electrons. The van der Waals surface area contributed by atoms with E-state index in [4.69, 9.17) is 4.74 Å². The number of amides is 1. The lowest BCUT2D eigenvalue weighted by Gasteiger charge is -2.21. The summed E-state index contributed by atoms with van der Waals surface area (Å²) >= 11 is 0. The van der Waals surface area contributed by atoms with Crippen molar-refractivity contribution < 1.29 is 22.7 Å². The van der Waals surface area contributed by atoms with Crippen LogP contribution < -0.4 is 10.1 Å². The molecule has 0 spiro atoms. The third-order valence-electron chi connectivity index (χ3n) is 3.09. The maximum absolute atomic E-state index is 13.5. The van der Waals surface area contributed by atoms with Crippen LogP contribution in [0.1, 0.15) is 36.8 Å². The molecular weight excluding hydrogens is 323 g/mol. The first-order chi connectivity index (χ1) is 11.0. The number of nitrogens with one attached hydrogen (secondary N) is 1. The largest absolute Gasteiger partial charge is 0.497 e. The number of carbonyl (C=O) groups excluding carboxylic acids is 1. The molecule has 2 aromatic rings. The second-order valence-electron chi connectivity index (χ2n) is 6.22. The Morgan fingerprint density at radius 2 is 1.75 bits per heavy atom. The average molecular weight is 341 g/mol. The minimum absolute atomic E-state index is 0.179. The van der Waals surface area contributed by atoms with Gasteiger partial charge in [0.15, 0.2) is 5.69 Å². The van der Waals surface area contributed by atoms with Gasteiger partial charge in [-0.05, 0) is 45.0 Å². The molecule has 0 radical (unpaired) electrons. The summed E-state index contributed by atoms with van der Waals surface area (Å²) in [6, 6.07) is 5.91. The molecule has 1 N–H and O–H groups in total. The smallest absolute Gasteiger partial charge is 0.434 e. The first-order valence-corrected chi connectivity index (χ1v) is 7.15. The van der Waals surface area contributed by atoms with E-state index in [9.17, 15) is 18.0 Å². The van der Waals surface area contributed by atoms with E-state index >= 15 is 0 Å². The van der Waals surface area contributed by atoms with Gasteiger partial charge in [0.05, 0.1) is 24.6 Å². The number of alkyl halides is 3. The predicted octanol–water partition coefficient (Wildman–Crippen LogP) is 3.43. The van der Waals surface area contributed by atoms with Crippen molar-refractivity contribution in [1.82, 2.24) is 15.1 Å². The number of ether oxygens (including phenoxy) is 1. The third-order valence-corrected chi connectivity index (χ3v) is 3.09. The van der Waals surface area contributed by atoms with Gasteiger partial charge in [-0.1, -0.05) is 0 Å². The minimum Gasteiger partial charge on any atom is -0.497 e. The SMILES string of the molecule is COc1ccc(-n2ncc(C(=O)NC(C)(C)C)c2C(F)(F)F)cc1. The molecular formula is C16H18F3N3O2. The molecule has 1 amide bonds. The van der Waals surface area contributed by atoms with Gasteiger partial charge >= 0.3 is 6.18 Å². The van der Waals surface area contributed by atoms with Crippen molar-refractivity contribution in [3.63, 3.8) is 0 Å². The number of hydrogen-bond donors (Lipinski definition) is 1. The quantitative estimate of drug-likeness (QED) is 0.931. The monoisotopic (exact) mass is 341 g/mol. The molecule has 5 nitrogen and oxygen atoms in total. The maximum atomic E-state index is 13.5. The summed E-state index contributed by atoms with van der Waals surface area (Å²) in [5, 5.41) is 6.27. The molecule has 0 fully saturated rings. The van der Waals surface area contributed by atoms with Gasteiger partial charge in [0.25, 0.3) is 5.91 Å². The van der Waals surface area contributed by atoms with Crippen molar-refractivity contribution >= 4 is 5.91 Å². The second-order valence-corrected chi connectivity index (χ2v) is 6.22. The van der Waals surface area contributed by atoms with Crippen LogP contribution in [0.3, 0.4) is 0 Å². The van der Waals surface area contributed by atoms with Crippen LogP contribution in [0.4, 0.5) is 13.2 Å². The Bertz CT molecular complexity index is 729. The Balaban J connectivity index is 2.52. The Morgan fingerprint density at radius 3 is 2.21 bits per heavy atom. The van der Waals surface area contributed by atoms with E-state index < -0.39 is 28.9 Å². The summed E-state index contributed by atoms with van der Waals surface area (Å²) in [6.45, 7) is 5.06. The number of benzene rings is 1. The van der Waals surface area contributed by atoms with Gasteiger partial charge in [-0.3, -0.25) is 4.79 Å². The normalized spacial score (nSPS) is 12.1. The van der Waals surface area contributed by atoms with Crippen LogP contribution in [-0.4, -0.2) is 28.3 Å². The molecule has 1 aromatic heterocycles. The summed E-state index contributed by atoms with van der Waals surface area (Å²) in [4.78, 5) is 12.2. The fourth-order valence-electron chi connectivity index (χ4n) is 2.11. The lowest BCUT2D eigenvalue weighted by molar-refractivity contribution is -0.143. The molecule has 24 heavy (non-hydrogen) atoms. The van der Waals surface area contributed by atoms with Crippen LogP contribution in [0.5, 0.6) is 5.75 Å². The minimum atomic E-state index is -4.74. The highest BCUT2D eigenvalue weighted by Crippen LogP contribution is 2.34. The number of halogens is 3. The number of nitrogens with zero attached hydrogens (tertiary/aromatic N) is 2. The fourth-order valence-corrected chi connectivity index (χ4v) is 2.11. The fraction of sp³-hybridized carbons (Fsp3) is 0.375. The van der Waals surface area contributed by atoms with Crippen molar-refractivity contribution in [2.24, 2.45) is 0 Å². The van der Waals surface area contributed by atoms with Gasteiger partial charge in [-0.15, -0.1) is 0 Å². The second kappa shape index (κ2) is 6.18. The Labute approximate surface area is 137 Å². The number of hydrogen-bond acceptors (Lipinski definition) is 3. The lowest BCUT2D eigenvalue weighted by atomic mass is 10.1. The van der Waals surface area contributed by atoms with Gasteiger partial charge in [0.2, 0.25) is 0 Å². The molecule has 0 aliphatic heterocycles. The molecule has 0 atom stereocenters. The van der Waals surface area contributed by atoms with E-state index in [1.807, 2.05) is 0 Å². The van der Waals surface area contributed by atoms with Gasteiger partial charge < -0.3 is 10.1 Å². The van der Waals surface area contributed by atoms with Gasteiger partial charge in [-0.25, -0.2) is 4.68 Å². The molecule has 0 saturated heterocycles. The Hall–Kier alpha value is -2.51. The van der Waals surface area contributed by atoms with Crippen molar-refractivity contribution in [3.05, 3.63) is 41.7 Å². The van der Waals surface area contributed by atoms with Crippen LogP contribution in [0.2, 0.25) is 0 Å². The highest BCUT2D eigenvalue weighted by molar-refractivity contribution is 5.95. The summed E-state index contributed by atoms with van der Waals surface area (Å²) in [5.74, 6) is -0.320. The molecule has 0 aliphatic carbocycles. The molecule has 2 rings (SSSR count). The molecule has 1 heterocycles. The summed E-state index contributed by atoms with van der Waals surface area (Å²) in [6.07, 6.45) is -3.81. The first-order valence-electron chi connectivity index (χ1n) is 7.15. The highest BCUT2D eigenvalue weighted by atomic mass is 19.4. The molecule has 8 heteroatoms. The molecule has 0 unspecified atom stereocenters. The van der Waals surface area contributed by atoms with E-state index in [0.717, 1.165) is 6.20 Å². The van der Waals surface area contributed by atoms with Gasteiger partial charge in [0.1, 0.15) is 5.75 Å². The van der Waals surface area contributed by atoms with Crippen LogP contribution in [0.15, 0.2) is 30.5 Å². The number of carbonyl (C=O) groups is 1. The number of methoxy groups -OCH3 is 1. The van der Waals surface area contributed by atoms with E-state index in [-0.39, 0.29) is 5.69 Å². The molecule has 0 aliphatic rings. The molecule has 1 aromatic carbocycles. The van der Waals surface area contributed by atoms with Crippen LogP contribution in [0.25, 0.3) is 5.69 Å². The number of rotatable bonds is 3. The van der Waals surface area contributed by atoms with E-state index in [1.54, 1.807) is 20.8 Å². The van der Waals surface area contributed by atoms with Crippen molar-refractivity contribution in [2.75, 3.05) is 7.11 Å². The first kappa shape index (κ1) is 17.8. The highest BCUT2D eigenvalue weighted by Gasteiger charge is 2.41. The average Bonchev–Trinajstić information content (AvgIpc) is 2.90. The Morgan fingerprint density at radius 1 is 1.17 bits per heavy atom. The van der Waals surface area contributed by atoms with E-state index in [2.05, 4.69) is 10.4 Å². The zero-order chi connectivity index (χ0) is 18.1. The summed E-state index contributed by atoms with van der Waals surface area (Å²) in [5.41, 5.74) is -2.12. The third kappa shape index (κ3) is 3.87. The van der Waals surface area contributed by atoms with E-state index in [1.165, 1.54) is 31.4 Å². The number of aromatic nitrogens is 2. The topological polar surface area (TPSA) is 56.2 Å². The molecule has 0 bridgehead atoms. The van der Waals surface area contributed by atoms with Crippen LogP contribution in [-0.2, 0) is 6.18 Å². The van der Waals surface area contributed by atoms with Crippen LogP contribution in [0, 0.1) is 0 Å². The van der Waals surface area contributed by atoms with Crippen molar-refractivity contribution in [2.45, 2.75) is 32.5 Å². The molecule has 0 saturated carbocycles. The van der Waals surface area contributed by atoms with Gasteiger partial charge in [-0.2, -0.15) is 18.3 Å². The van der Waals surface area contributed by atoms with Crippen LogP contribution >= 0.6 is 0 Å². The standard InChI is InChI=1S/C16H18F3N3O2/c1-15(2,3)21-14(23)12-9-20-22(13(12)16(17,18)19)10-5-7-11(24-4)8-6-10/h5-9H,1-4H3,(H,21,23). The lowest BCUT2D eigenvalue weighted by Crippen LogP contribution is -2.41. The summed E-state index contributed by atoms with van der Waals surface area (Å²) in [7, 11) is 1.46. The Kier molecular flexibility index (Phi) is 4.59. The van der Waals surface area contributed by atoms with Crippen molar-refractivity contribution in [1.29, 1.82) is 0 Å². The predicted molar refractivity (Wildman–Crippen MR) is 82.3 cm³/mol. The zero-order valence-corrected chi connectivity index (χ0v) is 13.7. The van der Waals surface area contributed by atoms with Crippen molar-refractivity contribution in [3.8, 4) is 11.4 Å². The zero-order valence-electron chi connectivity index (χ0n) is 13.7.